The summed E-state index contributed by atoms with van der Waals surface area (Å²) in [5.74, 6) is -0.189. The van der Waals surface area contributed by atoms with Crippen molar-refractivity contribution >= 4 is 28.3 Å². The lowest BCUT2D eigenvalue weighted by Gasteiger charge is -2.28. The number of anilines is 1. The first-order valence-electron chi connectivity index (χ1n) is 8.50. The average Bonchev–Trinajstić information content (AvgIpc) is 2.60. The van der Waals surface area contributed by atoms with Crippen LogP contribution < -0.4 is 4.90 Å². The van der Waals surface area contributed by atoms with Crippen molar-refractivity contribution in [3.8, 4) is 0 Å². The Hall–Kier alpha value is -2.94. The molecule has 0 fully saturated rings. The second-order valence-electron chi connectivity index (χ2n) is 6.87. The highest BCUT2D eigenvalue weighted by Crippen LogP contribution is 2.36. The van der Waals surface area contributed by atoms with E-state index in [1.54, 1.807) is 0 Å². The zero-order chi connectivity index (χ0) is 17.7. The molecule has 2 amide bonds. The first-order chi connectivity index (χ1) is 12.0. The standard InChI is InChI=1S/C22H19NO2/c1-13(2)16-11-12-19-20-17(16)5-4-6-18(20)21(24)23(22(19)25)15-9-7-14(3)8-10-15/h4-13H,1-3H3. The van der Waals surface area contributed by atoms with Crippen LogP contribution in [0.5, 0.6) is 0 Å². The van der Waals surface area contributed by atoms with Crippen LogP contribution in [0.2, 0.25) is 0 Å². The molecule has 3 aromatic rings. The van der Waals surface area contributed by atoms with E-state index >= 15 is 0 Å². The molecule has 0 N–H and O–H groups in total. The van der Waals surface area contributed by atoms with Gasteiger partial charge in [-0.05, 0) is 48.1 Å². The first-order valence-corrected chi connectivity index (χ1v) is 8.50. The van der Waals surface area contributed by atoms with Crippen LogP contribution in [0, 0.1) is 6.92 Å². The minimum absolute atomic E-state index is 0.257. The van der Waals surface area contributed by atoms with Gasteiger partial charge < -0.3 is 0 Å². The lowest BCUT2D eigenvalue weighted by atomic mass is 9.88. The van der Waals surface area contributed by atoms with Gasteiger partial charge in [0.15, 0.2) is 0 Å². The Morgan fingerprint density at radius 2 is 1.44 bits per heavy atom. The molecular formula is C22H19NO2. The number of amides is 2. The smallest absolute Gasteiger partial charge is 0.265 e. The molecule has 0 aliphatic carbocycles. The van der Waals surface area contributed by atoms with Crippen LogP contribution in [0.1, 0.15) is 51.6 Å². The fraction of sp³-hybridized carbons (Fsp3) is 0.182. The SMILES string of the molecule is Cc1ccc(N2C(=O)c3cccc4c(C(C)C)ccc(c34)C2=O)cc1. The van der Waals surface area contributed by atoms with Crippen molar-refractivity contribution < 1.29 is 9.59 Å². The number of nitrogens with zero attached hydrogens (tertiary/aromatic N) is 1. The molecule has 3 aromatic carbocycles. The van der Waals surface area contributed by atoms with E-state index in [1.165, 1.54) is 4.90 Å². The number of hydrogen-bond acceptors (Lipinski definition) is 2. The van der Waals surface area contributed by atoms with Crippen LogP contribution in [-0.4, -0.2) is 11.8 Å². The van der Waals surface area contributed by atoms with Gasteiger partial charge in [-0.3, -0.25) is 9.59 Å². The van der Waals surface area contributed by atoms with Crippen molar-refractivity contribution in [2.45, 2.75) is 26.7 Å². The minimum Gasteiger partial charge on any atom is -0.268 e. The fourth-order valence-corrected chi connectivity index (χ4v) is 3.55. The largest absolute Gasteiger partial charge is 0.268 e. The summed E-state index contributed by atoms with van der Waals surface area (Å²) in [6.07, 6.45) is 0. The van der Waals surface area contributed by atoms with Crippen molar-refractivity contribution in [3.63, 3.8) is 0 Å². The summed E-state index contributed by atoms with van der Waals surface area (Å²) in [6, 6.07) is 17.0. The van der Waals surface area contributed by atoms with Gasteiger partial charge in [-0.15, -0.1) is 0 Å². The van der Waals surface area contributed by atoms with E-state index in [-0.39, 0.29) is 11.8 Å². The van der Waals surface area contributed by atoms with Crippen molar-refractivity contribution in [2.24, 2.45) is 0 Å². The number of aryl methyl sites for hydroxylation is 1. The van der Waals surface area contributed by atoms with Crippen molar-refractivity contribution in [1.82, 2.24) is 0 Å². The monoisotopic (exact) mass is 329 g/mol. The number of hydrogen-bond donors (Lipinski definition) is 0. The summed E-state index contributed by atoms with van der Waals surface area (Å²) in [5.41, 5.74) is 4.04. The molecule has 0 spiro atoms. The molecule has 0 aromatic heterocycles. The second kappa shape index (κ2) is 5.55. The molecule has 1 heterocycles. The zero-order valence-corrected chi connectivity index (χ0v) is 14.5. The van der Waals surface area contributed by atoms with Crippen molar-refractivity contribution in [1.29, 1.82) is 0 Å². The molecule has 0 bridgehead atoms. The molecule has 0 radical (unpaired) electrons. The maximum absolute atomic E-state index is 13.1. The highest BCUT2D eigenvalue weighted by Gasteiger charge is 2.34. The van der Waals surface area contributed by atoms with Gasteiger partial charge in [0.2, 0.25) is 0 Å². The van der Waals surface area contributed by atoms with Crippen molar-refractivity contribution in [2.75, 3.05) is 4.90 Å². The molecule has 0 saturated carbocycles. The van der Waals surface area contributed by atoms with E-state index in [0.717, 1.165) is 21.9 Å². The van der Waals surface area contributed by atoms with Crippen LogP contribution in [0.25, 0.3) is 10.8 Å². The Labute approximate surface area is 146 Å². The maximum Gasteiger partial charge on any atom is 0.265 e. The number of rotatable bonds is 2. The average molecular weight is 329 g/mol. The molecule has 124 valence electrons. The molecule has 3 heteroatoms. The fourth-order valence-electron chi connectivity index (χ4n) is 3.55. The third kappa shape index (κ3) is 2.27. The molecule has 0 unspecified atom stereocenters. The first kappa shape index (κ1) is 15.6. The van der Waals surface area contributed by atoms with E-state index in [1.807, 2.05) is 61.5 Å². The van der Waals surface area contributed by atoms with E-state index in [9.17, 15) is 9.59 Å². The highest BCUT2D eigenvalue weighted by molar-refractivity contribution is 6.36. The summed E-state index contributed by atoms with van der Waals surface area (Å²) in [4.78, 5) is 27.5. The molecule has 1 aliphatic heterocycles. The summed E-state index contributed by atoms with van der Waals surface area (Å²) < 4.78 is 0. The zero-order valence-electron chi connectivity index (χ0n) is 14.5. The van der Waals surface area contributed by atoms with Crippen LogP contribution in [-0.2, 0) is 0 Å². The quantitative estimate of drug-likeness (QED) is 0.615. The van der Waals surface area contributed by atoms with Gasteiger partial charge in [-0.1, -0.05) is 49.7 Å². The van der Waals surface area contributed by atoms with Gasteiger partial charge >= 0.3 is 0 Å². The Balaban J connectivity index is 1.97. The van der Waals surface area contributed by atoms with E-state index in [2.05, 4.69) is 13.8 Å². The Morgan fingerprint density at radius 3 is 2.08 bits per heavy atom. The predicted octanol–water partition coefficient (Wildman–Crippen LogP) is 5.07. The Morgan fingerprint density at radius 1 is 0.800 bits per heavy atom. The third-order valence-electron chi connectivity index (χ3n) is 4.86. The topological polar surface area (TPSA) is 37.4 Å². The summed E-state index contributed by atoms with van der Waals surface area (Å²) >= 11 is 0. The Bertz CT molecular complexity index is 994. The molecule has 4 rings (SSSR count). The van der Waals surface area contributed by atoms with E-state index in [4.69, 9.17) is 0 Å². The predicted molar refractivity (Wildman–Crippen MR) is 100 cm³/mol. The summed E-state index contributed by atoms with van der Waals surface area (Å²) in [6.45, 7) is 6.22. The lowest BCUT2D eigenvalue weighted by molar-refractivity contribution is 0.0893. The maximum atomic E-state index is 13.1. The molecular weight excluding hydrogens is 310 g/mol. The van der Waals surface area contributed by atoms with Crippen LogP contribution in [0.15, 0.2) is 54.6 Å². The number of carbonyl (C=O) groups excluding carboxylic acids is 2. The van der Waals surface area contributed by atoms with Gasteiger partial charge in [0.05, 0.1) is 5.69 Å². The molecule has 0 saturated heterocycles. The van der Waals surface area contributed by atoms with Gasteiger partial charge in [-0.25, -0.2) is 4.90 Å². The van der Waals surface area contributed by atoms with E-state index < -0.39 is 0 Å². The van der Waals surface area contributed by atoms with Crippen molar-refractivity contribution in [3.05, 3.63) is 76.9 Å². The minimum atomic E-state index is -0.257. The second-order valence-corrected chi connectivity index (χ2v) is 6.87. The van der Waals surface area contributed by atoms with Gasteiger partial charge in [-0.2, -0.15) is 0 Å². The van der Waals surface area contributed by atoms with Gasteiger partial charge in [0.1, 0.15) is 0 Å². The van der Waals surface area contributed by atoms with Gasteiger partial charge in [0, 0.05) is 16.5 Å². The van der Waals surface area contributed by atoms with E-state index in [0.29, 0.717) is 22.7 Å². The highest BCUT2D eigenvalue weighted by atomic mass is 16.2. The Kier molecular flexibility index (Phi) is 3.46. The molecule has 3 nitrogen and oxygen atoms in total. The lowest BCUT2D eigenvalue weighted by Crippen LogP contribution is -2.40. The number of imide groups is 1. The van der Waals surface area contributed by atoms with Gasteiger partial charge in [0.25, 0.3) is 11.8 Å². The van der Waals surface area contributed by atoms with Crippen LogP contribution >= 0.6 is 0 Å². The number of carbonyl (C=O) groups is 2. The summed E-state index contributed by atoms with van der Waals surface area (Å²) in [5, 5.41) is 1.78. The normalized spacial score (nSPS) is 13.8. The molecule has 0 atom stereocenters. The number of benzene rings is 3. The summed E-state index contributed by atoms with van der Waals surface area (Å²) in [7, 11) is 0. The van der Waals surface area contributed by atoms with Crippen LogP contribution in [0.3, 0.4) is 0 Å². The molecule has 25 heavy (non-hydrogen) atoms. The third-order valence-corrected chi connectivity index (χ3v) is 4.86. The molecule has 1 aliphatic rings. The van der Waals surface area contributed by atoms with Crippen LogP contribution in [0.4, 0.5) is 5.69 Å².